The van der Waals surface area contributed by atoms with Gasteiger partial charge >= 0.3 is 0 Å². The lowest BCUT2D eigenvalue weighted by atomic mass is 9.86. The molecule has 5 nitrogen and oxygen atoms in total. The highest BCUT2D eigenvalue weighted by atomic mass is 16.2. The summed E-state index contributed by atoms with van der Waals surface area (Å²) in [4.78, 5) is 28.9. The van der Waals surface area contributed by atoms with Crippen LogP contribution in [-0.2, 0) is 9.59 Å². The van der Waals surface area contributed by atoms with Gasteiger partial charge in [0, 0.05) is 39.1 Å². The number of carbonyl (C=O) groups is 2. The predicted octanol–water partition coefficient (Wildman–Crippen LogP) is 2.80. The molecule has 0 bridgehead atoms. The first-order valence-corrected chi connectivity index (χ1v) is 11.0. The normalized spacial score (nSPS) is 23.8. The van der Waals surface area contributed by atoms with E-state index in [-0.39, 0.29) is 5.91 Å². The molecule has 3 rings (SSSR count). The molecule has 148 valence electrons. The Labute approximate surface area is 158 Å². The van der Waals surface area contributed by atoms with E-state index in [1.54, 1.807) is 0 Å². The SMILES string of the molecule is O=C(CN1CCN(C(=O)CC2CCCCC2)CC1)NCC1CCCCC1. The smallest absolute Gasteiger partial charge is 0.234 e. The van der Waals surface area contributed by atoms with Crippen molar-refractivity contribution >= 4 is 11.8 Å². The van der Waals surface area contributed by atoms with Crippen molar-refractivity contribution in [2.45, 2.75) is 70.6 Å². The summed E-state index contributed by atoms with van der Waals surface area (Å²) in [6.45, 7) is 4.54. The molecule has 26 heavy (non-hydrogen) atoms. The number of nitrogens with one attached hydrogen (secondary N) is 1. The van der Waals surface area contributed by atoms with Crippen LogP contribution in [0.5, 0.6) is 0 Å². The number of rotatable bonds is 6. The summed E-state index contributed by atoms with van der Waals surface area (Å²) in [5.74, 6) is 1.78. The van der Waals surface area contributed by atoms with Crippen molar-refractivity contribution in [3.63, 3.8) is 0 Å². The highest BCUT2D eigenvalue weighted by molar-refractivity contribution is 5.78. The van der Waals surface area contributed by atoms with Gasteiger partial charge < -0.3 is 10.2 Å². The second kappa shape index (κ2) is 10.3. The van der Waals surface area contributed by atoms with Crippen LogP contribution in [0.15, 0.2) is 0 Å². The van der Waals surface area contributed by atoms with Crippen LogP contribution in [0.1, 0.15) is 70.6 Å². The minimum Gasteiger partial charge on any atom is -0.355 e. The molecule has 2 saturated carbocycles. The monoisotopic (exact) mass is 363 g/mol. The van der Waals surface area contributed by atoms with Crippen molar-refractivity contribution in [3.8, 4) is 0 Å². The van der Waals surface area contributed by atoms with Crippen LogP contribution in [0, 0.1) is 11.8 Å². The van der Waals surface area contributed by atoms with E-state index in [0.717, 1.165) is 39.1 Å². The van der Waals surface area contributed by atoms with Gasteiger partial charge in [-0.15, -0.1) is 0 Å². The van der Waals surface area contributed by atoms with Gasteiger partial charge in [0.15, 0.2) is 0 Å². The molecular weight excluding hydrogens is 326 g/mol. The first-order chi connectivity index (χ1) is 12.7. The summed E-state index contributed by atoms with van der Waals surface area (Å²) in [5.41, 5.74) is 0. The van der Waals surface area contributed by atoms with Crippen LogP contribution < -0.4 is 5.32 Å². The Morgan fingerprint density at radius 3 is 1.96 bits per heavy atom. The van der Waals surface area contributed by atoms with E-state index in [1.165, 1.54) is 64.2 Å². The lowest BCUT2D eigenvalue weighted by Gasteiger charge is -2.35. The van der Waals surface area contributed by atoms with Crippen LogP contribution >= 0.6 is 0 Å². The second-order valence-corrected chi connectivity index (χ2v) is 8.67. The quantitative estimate of drug-likeness (QED) is 0.789. The molecule has 0 aromatic heterocycles. The van der Waals surface area contributed by atoms with Gasteiger partial charge in [-0.1, -0.05) is 38.5 Å². The molecule has 0 aromatic rings. The standard InChI is InChI=1S/C21H37N3O2/c25-20(22-16-19-9-5-2-6-10-19)17-23-11-13-24(14-12-23)21(26)15-18-7-3-1-4-8-18/h18-19H,1-17H2,(H,22,25). The Morgan fingerprint density at radius 1 is 0.769 bits per heavy atom. The lowest BCUT2D eigenvalue weighted by Crippen LogP contribution is -2.51. The summed E-state index contributed by atoms with van der Waals surface area (Å²) in [5, 5.41) is 3.13. The zero-order chi connectivity index (χ0) is 18.2. The van der Waals surface area contributed by atoms with Crippen molar-refractivity contribution in [2.75, 3.05) is 39.3 Å². The first kappa shape index (κ1) is 19.7. The third-order valence-corrected chi connectivity index (χ3v) is 6.59. The molecule has 0 spiro atoms. The van der Waals surface area contributed by atoms with Crippen LogP contribution in [0.3, 0.4) is 0 Å². The van der Waals surface area contributed by atoms with Gasteiger partial charge in [-0.2, -0.15) is 0 Å². The van der Waals surface area contributed by atoms with Crippen molar-refractivity contribution in [1.29, 1.82) is 0 Å². The summed E-state index contributed by atoms with van der Waals surface area (Å²) < 4.78 is 0. The van der Waals surface area contributed by atoms with Crippen molar-refractivity contribution in [2.24, 2.45) is 11.8 Å². The molecule has 0 aromatic carbocycles. The molecule has 0 atom stereocenters. The van der Waals surface area contributed by atoms with Gasteiger partial charge in [-0.05, 0) is 37.5 Å². The summed E-state index contributed by atoms with van der Waals surface area (Å²) in [6.07, 6.45) is 13.6. The molecule has 1 saturated heterocycles. The Hall–Kier alpha value is -1.10. The van der Waals surface area contributed by atoms with Crippen LogP contribution in [0.4, 0.5) is 0 Å². The predicted molar refractivity (Wildman–Crippen MR) is 104 cm³/mol. The van der Waals surface area contributed by atoms with Gasteiger partial charge in [-0.3, -0.25) is 14.5 Å². The molecule has 3 fully saturated rings. The second-order valence-electron chi connectivity index (χ2n) is 8.67. The van der Waals surface area contributed by atoms with E-state index in [2.05, 4.69) is 10.2 Å². The van der Waals surface area contributed by atoms with E-state index in [9.17, 15) is 9.59 Å². The molecule has 1 aliphatic heterocycles. The zero-order valence-electron chi connectivity index (χ0n) is 16.4. The molecular formula is C21H37N3O2. The third kappa shape index (κ3) is 6.26. The summed E-state index contributed by atoms with van der Waals surface area (Å²) >= 11 is 0. The average molecular weight is 364 g/mol. The van der Waals surface area contributed by atoms with Crippen LogP contribution in [-0.4, -0.2) is 60.9 Å². The van der Waals surface area contributed by atoms with E-state index >= 15 is 0 Å². The molecule has 5 heteroatoms. The maximum atomic E-state index is 12.5. The average Bonchev–Trinajstić information content (AvgIpc) is 2.68. The first-order valence-electron chi connectivity index (χ1n) is 11.0. The van der Waals surface area contributed by atoms with Crippen LogP contribution in [0.25, 0.3) is 0 Å². The van der Waals surface area contributed by atoms with Crippen molar-refractivity contribution in [1.82, 2.24) is 15.1 Å². The van der Waals surface area contributed by atoms with E-state index in [0.29, 0.717) is 24.3 Å². The topological polar surface area (TPSA) is 52.7 Å². The van der Waals surface area contributed by atoms with Crippen molar-refractivity contribution in [3.05, 3.63) is 0 Å². The fourth-order valence-corrected chi connectivity index (χ4v) is 4.83. The Balaban J connectivity index is 1.30. The minimum absolute atomic E-state index is 0.151. The van der Waals surface area contributed by atoms with Crippen LogP contribution in [0.2, 0.25) is 0 Å². The molecule has 0 unspecified atom stereocenters. The Morgan fingerprint density at radius 2 is 1.35 bits per heavy atom. The number of hydrogen-bond acceptors (Lipinski definition) is 3. The number of amides is 2. The van der Waals surface area contributed by atoms with Gasteiger partial charge in [-0.25, -0.2) is 0 Å². The Bertz CT molecular complexity index is 448. The number of hydrogen-bond donors (Lipinski definition) is 1. The number of carbonyl (C=O) groups excluding carboxylic acids is 2. The van der Waals surface area contributed by atoms with Gasteiger partial charge in [0.05, 0.1) is 6.54 Å². The third-order valence-electron chi connectivity index (χ3n) is 6.59. The molecule has 1 heterocycles. The molecule has 0 radical (unpaired) electrons. The molecule has 1 N–H and O–H groups in total. The summed E-state index contributed by atoms with van der Waals surface area (Å²) in [7, 11) is 0. The summed E-state index contributed by atoms with van der Waals surface area (Å²) in [6, 6.07) is 0. The van der Waals surface area contributed by atoms with Gasteiger partial charge in [0.2, 0.25) is 11.8 Å². The zero-order valence-corrected chi connectivity index (χ0v) is 16.4. The maximum Gasteiger partial charge on any atom is 0.234 e. The largest absolute Gasteiger partial charge is 0.355 e. The minimum atomic E-state index is 0.151. The molecule has 2 aliphatic carbocycles. The van der Waals surface area contributed by atoms with E-state index < -0.39 is 0 Å². The van der Waals surface area contributed by atoms with Gasteiger partial charge in [0.1, 0.15) is 0 Å². The number of piperazine rings is 1. The maximum absolute atomic E-state index is 12.5. The lowest BCUT2D eigenvalue weighted by molar-refractivity contribution is -0.134. The Kier molecular flexibility index (Phi) is 7.78. The fraction of sp³-hybridized carbons (Fsp3) is 0.905. The van der Waals surface area contributed by atoms with Gasteiger partial charge in [0.25, 0.3) is 0 Å². The van der Waals surface area contributed by atoms with Crippen molar-refractivity contribution < 1.29 is 9.59 Å². The van der Waals surface area contributed by atoms with E-state index in [1.807, 2.05) is 4.90 Å². The molecule has 3 aliphatic rings. The number of nitrogens with zero attached hydrogens (tertiary/aromatic N) is 2. The fourth-order valence-electron chi connectivity index (χ4n) is 4.83. The highest BCUT2D eigenvalue weighted by Crippen LogP contribution is 2.27. The molecule has 2 amide bonds. The van der Waals surface area contributed by atoms with E-state index in [4.69, 9.17) is 0 Å². The highest BCUT2D eigenvalue weighted by Gasteiger charge is 2.25.